The molecule has 7 rings (SSSR count). The first-order chi connectivity index (χ1) is 21.6. The molecule has 9 nitrogen and oxygen atoms in total. The van der Waals surface area contributed by atoms with Gasteiger partial charge in [-0.2, -0.15) is 0 Å². The van der Waals surface area contributed by atoms with Crippen molar-refractivity contribution in [1.82, 2.24) is 24.3 Å². The van der Waals surface area contributed by atoms with Crippen LogP contribution in [0.1, 0.15) is 72.7 Å². The predicted octanol–water partition coefficient (Wildman–Crippen LogP) is 5.47. The number of likely N-dealkylation sites (tertiary alicyclic amines) is 1. The molecule has 3 fully saturated rings. The van der Waals surface area contributed by atoms with E-state index in [2.05, 4.69) is 76.0 Å². The van der Waals surface area contributed by atoms with Crippen LogP contribution in [0, 0.1) is 6.92 Å². The highest BCUT2D eigenvalue weighted by Gasteiger charge is 2.44. The van der Waals surface area contributed by atoms with Crippen LogP contribution >= 0.6 is 11.6 Å². The molecule has 3 aliphatic rings. The Kier molecular flexibility index (Phi) is 7.96. The molecule has 1 unspecified atom stereocenters. The highest BCUT2D eigenvalue weighted by molar-refractivity contribution is 7.89. The first-order valence-electron chi connectivity index (χ1n) is 15.9. The summed E-state index contributed by atoms with van der Waals surface area (Å²) in [5, 5.41) is 5.27. The fourth-order valence-corrected chi connectivity index (χ4v) is 8.97. The number of hydrogen-bond donors (Lipinski definition) is 1. The average molecular weight is 647 g/mol. The Balaban J connectivity index is 1.07. The van der Waals surface area contributed by atoms with Crippen molar-refractivity contribution >= 4 is 38.6 Å². The van der Waals surface area contributed by atoms with Crippen LogP contribution in [0.2, 0.25) is 5.15 Å². The number of para-hydroxylation sites is 2. The van der Waals surface area contributed by atoms with Gasteiger partial charge in [0.15, 0.2) is 0 Å². The summed E-state index contributed by atoms with van der Waals surface area (Å²) in [5.41, 5.74) is 3.64. The molecule has 45 heavy (non-hydrogen) atoms. The Labute approximate surface area is 269 Å². The topological polar surface area (TPSA) is 114 Å². The second-order valence-electron chi connectivity index (χ2n) is 13.0. The maximum atomic E-state index is 13.5. The maximum Gasteiger partial charge on any atom is 0.257 e. The van der Waals surface area contributed by atoms with Crippen LogP contribution in [0.4, 0.5) is 0 Å². The third-order valence-corrected chi connectivity index (χ3v) is 11.8. The number of primary sulfonamides is 1. The minimum atomic E-state index is -4.01. The molecule has 0 saturated carbocycles. The number of nitrogens with two attached hydrogens (primary N) is 1. The molecule has 2 aromatic carbocycles. The van der Waals surface area contributed by atoms with Crippen molar-refractivity contribution in [2.75, 3.05) is 19.6 Å². The van der Waals surface area contributed by atoms with E-state index in [0.717, 1.165) is 56.2 Å². The number of piperidine rings is 2. The van der Waals surface area contributed by atoms with Crippen LogP contribution in [0.15, 0.2) is 71.8 Å². The van der Waals surface area contributed by atoms with Gasteiger partial charge in [0.05, 0.1) is 16.6 Å². The molecule has 3 aliphatic heterocycles. The SMILES string of the molecule is Cc1nc2ccccc2n1C1C[C@H]2CC[C@@H](C1)N2CCC1(c2ccccc2)CCN(C(=O)c2cc(S(N)(=O)=O)cnc2Cl)CC1. The fourth-order valence-electron chi connectivity index (χ4n) is 8.31. The molecule has 2 N–H and O–H groups in total. The van der Waals surface area contributed by atoms with Gasteiger partial charge >= 0.3 is 0 Å². The van der Waals surface area contributed by atoms with Gasteiger partial charge in [0.2, 0.25) is 10.0 Å². The van der Waals surface area contributed by atoms with Crippen LogP contribution in [0.5, 0.6) is 0 Å². The van der Waals surface area contributed by atoms with E-state index in [0.29, 0.717) is 31.2 Å². The number of halogens is 1. The van der Waals surface area contributed by atoms with E-state index in [9.17, 15) is 13.2 Å². The van der Waals surface area contributed by atoms with E-state index in [1.54, 1.807) is 4.90 Å². The monoisotopic (exact) mass is 646 g/mol. The molecule has 0 spiro atoms. The number of carbonyl (C=O) groups is 1. The van der Waals surface area contributed by atoms with Crippen LogP contribution in [-0.4, -0.2) is 70.4 Å². The summed E-state index contributed by atoms with van der Waals surface area (Å²) in [5.74, 6) is 0.786. The maximum absolute atomic E-state index is 13.5. The Morgan fingerprint density at radius 1 is 1.00 bits per heavy atom. The molecule has 3 saturated heterocycles. The Bertz CT molecular complexity index is 1820. The highest BCUT2D eigenvalue weighted by Crippen LogP contribution is 2.45. The molecule has 1 amide bonds. The summed E-state index contributed by atoms with van der Waals surface area (Å²) in [6, 6.07) is 22.0. The lowest BCUT2D eigenvalue weighted by Crippen LogP contribution is -2.49. The largest absolute Gasteiger partial charge is 0.338 e. The smallest absolute Gasteiger partial charge is 0.257 e. The third-order valence-electron chi connectivity index (χ3n) is 10.6. The molecule has 11 heteroatoms. The number of aromatic nitrogens is 3. The van der Waals surface area contributed by atoms with E-state index in [-0.39, 0.29) is 26.9 Å². The summed E-state index contributed by atoms with van der Waals surface area (Å²) in [4.78, 5) is 26.6. The molecule has 0 radical (unpaired) electrons. The predicted molar refractivity (Wildman–Crippen MR) is 175 cm³/mol. The number of rotatable bonds is 7. The molecular formula is C34H39ClN6O3S. The minimum absolute atomic E-state index is 0.0231. The molecule has 236 valence electrons. The van der Waals surface area contributed by atoms with E-state index in [4.69, 9.17) is 21.7 Å². The van der Waals surface area contributed by atoms with Crippen molar-refractivity contribution in [2.45, 2.75) is 80.3 Å². The lowest BCUT2D eigenvalue weighted by atomic mass is 9.70. The lowest BCUT2D eigenvalue weighted by molar-refractivity contribution is 0.0606. The molecule has 5 heterocycles. The number of pyridine rings is 1. The Morgan fingerprint density at radius 3 is 2.36 bits per heavy atom. The summed E-state index contributed by atoms with van der Waals surface area (Å²) >= 11 is 6.26. The summed E-state index contributed by atoms with van der Waals surface area (Å²) < 4.78 is 26.3. The fraction of sp³-hybridized carbons (Fsp3) is 0.441. The van der Waals surface area contributed by atoms with Gasteiger partial charge in [-0.15, -0.1) is 0 Å². The Hall–Kier alpha value is -3.31. The van der Waals surface area contributed by atoms with Crippen molar-refractivity contribution in [1.29, 1.82) is 0 Å². The van der Waals surface area contributed by atoms with E-state index in [1.165, 1.54) is 30.0 Å². The van der Waals surface area contributed by atoms with Gasteiger partial charge < -0.3 is 9.47 Å². The number of hydrogen-bond acceptors (Lipinski definition) is 6. The summed E-state index contributed by atoms with van der Waals surface area (Å²) in [7, 11) is -4.01. The second-order valence-corrected chi connectivity index (χ2v) is 14.9. The molecule has 3 atom stereocenters. The van der Waals surface area contributed by atoms with Crippen molar-refractivity contribution in [3.8, 4) is 0 Å². The standard InChI is InChI=1S/C34H39ClN6O3S/c1-23-38-30-9-5-6-10-31(30)41(23)27-19-25-11-12-26(20-27)40(25)18-15-34(24-7-3-2-4-8-24)13-16-39(17-14-34)33(42)29-21-28(45(36,43)44)22-37-32(29)35/h2-10,21-22,25-27H,11-20H2,1H3,(H2,36,43,44)/t25-,26+,27?. The van der Waals surface area contributed by atoms with Crippen molar-refractivity contribution in [2.24, 2.45) is 5.14 Å². The molecule has 2 bridgehead atoms. The number of aryl methyl sites for hydroxylation is 1. The zero-order valence-electron chi connectivity index (χ0n) is 25.5. The van der Waals surface area contributed by atoms with Crippen LogP contribution in [0.3, 0.4) is 0 Å². The summed E-state index contributed by atoms with van der Waals surface area (Å²) in [6.45, 7) is 4.26. The van der Waals surface area contributed by atoms with Gasteiger partial charge in [-0.05, 0) is 87.6 Å². The quantitative estimate of drug-likeness (QED) is 0.266. The lowest BCUT2D eigenvalue weighted by Gasteiger charge is -2.45. The highest BCUT2D eigenvalue weighted by atomic mass is 35.5. The van der Waals surface area contributed by atoms with Crippen molar-refractivity contribution in [3.05, 3.63) is 89.0 Å². The summed E-state index contributed by atoms with van der Waals surface area (Å²) in [6.07, 6.45) is 8.49. The first kappa shape index (κ1) is 30.3. The molecule has 0 aliphatic carbocycles. The van der Waals surface area contributed by atoms with Gasteiger partial charge in [-0.3, -0.25) is 9.69 Å². The van der Waals surface area contributed by atoms with Crippen molar-refractivity contribution < 1.29 is 13.2 Å². The molecule has 2 aromatic heterocycles. The second kappa shape index (κ2) is 11.8. The van der Waals surface area contributed by atoms with Gasteiger partial charge in [-0.25, -0.2) is 23.5 Å². The van der Waals surface area contributed by atoms with Crippen LogP contribution < -0.4 is 5.14 Å². The van der Waals surface area contributed by atoms with Gasteiger partial charge in [0, 0.05) is 37.4 Å². The van der Waals surface area contributed by atoms with E-state index < -0.39 is 10.0 Å². The zero-order chi connectivity index (χ0) is 31.3. The normalized spacial score (nSPS) is 23.4. The van der Waals surface area contributed by atoms with Crippen LogP contribution in [-0.2, 0) is 15.4 Å². The number of fused-ring (bicyclic) bond motifs is 3. The molecule has 4 aromatic rings. The van der Waals surface area contributed by atoms with Gasteiger partial charge in [0.25, 0.3) is 5.91 Å². The third kappa shape index (κ3) is 5.67. The molecular weight excluding hydrogens is 608 g/mol. The van der Waals surface area contributed by atoms with Gasteiger partial charge in [0.1, 0.15) is 15.9 Å². The number of carbonyl (C=O) groups excluding carboxylic acids is 1. The Morgan fingerprint density at radius 2 is 1.67 bits per heavy atom. The number of sulfonamides is 1. The van der Waals surface area contributed by atoms with Gasteiger partial charge in [-0.1, -0.05) is 54.1 Å². The first-order valence-corrected chi connectivity index (χ1v) is 17.8. The average Bonchev–Trinajstić information content (AvgIpc) is 3.50. The number of benzene rings is 2. The van der Waals surface area contributed by atoms with E-state index >= 15 is 0 Å². The number of imidazole rings is 1. The zero-order valence-corrected chi connectivity index (χ0v) is 27.1. The minimum Gasteiger partial charge on any atom is -0.338 e. The number of nitrogens with zero attached hydrogens (tertiary/aromatic N) is 5. The van der Waals surface area contributed by atoms with E-state index in [1.807, 2.05) is 0 Å². The number of amides is 1. The van der Waals surface area contributed by atoms with Crippen LogP contribution in [0.25, 0.3) is 11.0 Å². The van der Waals surface area contributed by atoms with Crippen molar-refractivity contribution in [3.63, 3.8) is 0 Å².